The maximum Gasteiger partial charge on any atom is 1.00 e. The standard InChI is InChI=1S/C26H29ClN2O7S.Na/c1-3-34-24(15-26(30)31)19-5-8-21(9-6-19)36-17-18-4-10-23(27)22(14-18)20-7-11-25(28-16-20)35-13-12-29-37(2,32)33;/h4-11,14,16,24,29H,3,12-13,15,17H2,1-2H3,(H,30,31);/q;+1/p-1/t24-;/m0./s1. The topological polar surface area (TPSA) is 127 Å². The molecule has 0 saturated heterocycles. The van der Waals surface area contributed by atoms with Crippen LogP contribution in [0.15, 0.2) is 60.8 Å². The maximum absolute atomic E-state index is 11.1. The van der Waals surface area contributed by atoms with Crippen LogP contribution in [0.3, 0.4) is 0 Å². The molecule has 9 nitrogen and oxygen atoms in total. The first-order chi connectivity index (χ1) is 17.6. The van der Waals surface area contributed by atoms with Gasteiger partial charge in [0.25, 0.3) is 0 Å². The predicted octanol–water partition coefficient (Wildman–Crippen LogP) is 0.131. The van der Waals surface area contributed by atoms with Crippen LogP contribution >= 0.6 is 11.6 Å². The summed E-state index contributed by atoms with van der Waals surface area (Å²) in [5.74, 6) is -0.182. The van der Waals surface area contributed by atoms with Crippen molar-refractivity contribution in [3.63, 3.8) is 0 Å². The Balaban J connectivity index is 0.00000507. The minimum Gasteiger partial charge on any atom is -0.550 e. The van der Waals surface area contributed by atoms with Gasteiger partial charge in [-0.15, -0.1) is 0 Å². The second-order valence-corrected chi connectivity index (χ2v) is 10.3. The molecule has 0 aliphatic heterocycles. The van der Waals surface area contributed by atoms with Gasteiger partial charge in [0.05, 0.1) is 12.4 Å². The summed E-state index contributed by atoms with van der Waals surface area (Å²) in [4.78, 5) is 15.2. The van der Waals surface area contributed by atoms with E-state index in [1.165, 1.54) is 0 Å². The van der Waals surface area contributed by atoms with Crippen LogP contribution in [-0.2, 0) is 26.2 Å². The third-order valence-electron chi connectivity index (χ3n) is 5.17. The summed E-state index contributed by atoms with van der Waals surface area (Å²) in [5.41, 5.74) is 3.18. The summed E-state index contributed by atoms with van der Waals surface area (Å²) in [6, 6.07) is 16.2. The molecule has 3 aromatic rings. The fourth-order valence-electron chi connectivity index (χ4n) is 3.46. The van der Waals surface area contributed by atoms with Crippen LogP contribution < -0.4 is 48.9 Å². The number of hydrogen-bond donors (Lipinski definition) is 1. The van der Waals surface area contributed by atoms with E-state index in [0.717, 1.165) is 28.5 Å². The first-order valence-electron chi connectivity index (χ1n) is 11.5. The van der Waals surface area contributed by atoms with Crippen LogP contribution in [0.4, 0.5) is 0 Å². The average Bonchev–Trinajstić information content (AvgIpc) is 2.86. The van der Waals surface area contributed by atoms with Crippen LogP contribution in [-0.4, -0.2) is 45.4 Å². The van der Waals surface area contributed by atoms with Gasteiger partial charge in [-0.2, -0.15) is 0 Å². The van der Waals surface area contributed by atoms with Gasteiger partial charge >= 0.3 is 29.6 Å². The molecule has 0 aliphatic carbocycles. The van der Waals surface area contributed by atoms with Crippen LogP contribution in [0.1, 0.15) is 30.6 Å². The Labute approximate surface area is 249 Å². The van der Waals surface area contributed by atoms with E-state index in [0.29, 0.717) is 29.9 Å². The molecular formula is C26H28ClN2NaO7S. The van der Waals surface area contributed by atoms with E-state index in [4.69, 9.17) is 25.8 Å². The van der Waals surface area contributed by atoms with Crippen LogP contribution in [0.5, 0.6) is 11.6 Å². The largest absolute Gasteiger partial charge is 1.00 e. The summed E-state index contributed by atoms with van der Waals surface area (Å²) in [7, 11) is -3.27. The number of benzene rings is 2. The van der Waals surface area contributed by atoms with E-state index in [1.807, 2.05) is 18.2 Å². The van der Waals surface area contributed by atoms with Gasteiger partial charge in [-0.05, 0) is 48.4 Å². The first kappa shape index (κ1) is 32.0. The van der Waals surface area contributed by atoms with Crippen molar-refractivity contribution in [3.05, 3.63) is 76.9 Å². The molecule has 0 amide bonds. The summed E-state index contributed by atoms with van der Waals surface area (Å²) in [5, 5.41) is 11.5. The number of ether oxygens (including phenoxy) is 3. The molecule has 198 valence electrons. The summed E-state index contributed by atoms with van der Waals surface area (Å²) in [6.45, 7) is 2.78. The number of hydrogen-bond acceptors (Lipinski definition) is 8. The Morgan fingerprint density at radius 1 is 1.11 bits per heavy atom. The molecule has 12 heteroatoms. The smallest absolute Gasteiger partial charge is 0.550 e. The minimum atomic E-state index is -3.27. The molecule has 2 aromatic carbocycles. The van der Waals surface area contributed by atoms with Crippen molar-refractivity contribution >= 4 is 27.6 Å². The van der Waals surface area contributed by atoms with E-state index in [2.05, 4.69) is 9.71 Å². The molecule has 38 heavy (non-hydrogen) atoms. The number of nitrogens with one attached hydrogen (secondary N) is 1. The molecule has 0 aliphatic rings. The number of carboxylic acids is 1. The van der Waals surface area contributed by atoms with Crippen molar-refractivity contribution in [1.82, 2.24) is 9.71 Å². The average molecular weight is 571 g/mol. The molecule has 1 atom stereocenters. The van der Waals surface area contributed by atoms with Gasteiger partial charge in [0, 0.05) is 54.0 Å². The molecule has 0 spiro atoms. The molecule has 0 radical (unpaired) electrons. The molecule has 0 unspecified atom stereocenters. The molecule has 3 rings (SSSR count). The van der Waals surface area contributed by atoms with Crippen molar-refractivity contribution in [1.29, 1.82) is 0 Å². The third kappa shape index (κ3) is 10.5. The monoisotopic (exact) mass is 570 g/mol. The summed E-state index contributed by atoms with van der Waals surface area (Å²) in [6.07, 6.45) is 1.92. The van der Waals surface area contributed by atoms with Gasteiger partial charge in [0.15, 0.2) is 0 Å². The van der Waals surface area contributed by atoms with E-state index in [-0.39, 0.29) is 49.1 Å². The first-order valence-corrected chi connectivity index (χ1v) is 13.8. The maximum atomic E-state index is 11.1. The number of carbonyl (C=O) groups excluding carboxylic acids is 1. The second kappa shape index (κ2) is 15.4. The van der Waals surface area contributed by atoms with Gasteiger partial charge in [0.1, 0.15) is 19.0 Å². The second-order valence-electron chi connectivity index (χ2n) is 8.09. The fourth-order valence-corrected chi connectivity index (χ4v) is 4.14. The Bertz CT molecular complexity index is 1290. The SMILES string of the molecule is CCO[C@@H](CC(=O)[O-])c1ccc(OCc2ccc(Cl)c(-c3ccc(OCCNS(C)(=O)=O)nc3)c2)cc1.[Na+]. The number of carboxylic acid groups (broad SMARTS) is 1. The van der Waals surface area contributed by atoms with Crippen LogP contribution in [0, 0.1) is 0 Å². The Kier molecular flexibility index (Phi) is 13.0. The number of pyridine rings is 1. The van der Waals surface area contributed by atoms with E-state index in [1.54, 1.807) is 49.5 Å². The Morgan fingerprint density at radius 3 is 2.45 bits per heavy atom. The van der Waals surface area contributed by atoms with Gasteiger partial charge in [0.2, 0.25) is 15.9 Å². The molecule has 1 N–H and O–H groups in total. The van der Waals surface area contributed by atoms with Crippen molar-refractivity contribution in [2.24, 2.45) is 0 Å². The quantitative estimate of drug-likeness (QED) is 0.214. The molecule has 0 fully saturated rings. The molecule has 1 aromatic heterocycles. The number of rotatable bonds is 14. The number of sulfonamides is 1. The number of halogens is 1. The normalized spacial score (nSPS) is 11.9. The van der Waals surface area contributed by atoms with E-state index >= 15 is 0 Å². The minimum absolute atomic E-state index is 0. The number of carbonyl (C=O) groups is 1. The summed E-state index contributed by atoms with van der Waals surface area (Å²) < 4.78 is 41.4. The van der Waals surface area contributed by atoms with Crippen molar-refractivity contribution in [2.75, 3.05) is 26.0 Å². The Hall–Kier alpha value is -2.18. The zero-order valence-electron chi connectivity index (χ0n) is 21.5. The molecule has 0 bridgehead atoms. The van der Waals surface area contributed by atoms with Gasteiger partial charge in [-0.3, -0.25) is 0 Å². The van der Waals surface area contributed by atoms with Gasteiger partial charge < -0.3 is 24.1 Å². The number of aromatic nitrogens is 1. The Morgan fingerprint density at radius 2 is 1.84 bits per heavy atom. The predicted molar refractivity (Wildman–Crippen MR) is 138 cm³/mol. The van der Waals surface area contributed by atoms with Crippen molar-refractivity contribution in [3.8, 4) is 22.8 Å². The zero-order chi connectivity index (χ0) is 26.8. The summed E-state index contributed by atoms with van der Waals surface area (Å²) >= 11 is 6.42. The van der Waals surface area contributed by atoms with Crippen molar-refractivity contribution < 1.29 is 62.1 Å². The third-order valence-corrected chi connectivity index (χ3v) is 6.23. The number of nitrogens with zero attached hydrogens (tertiary/aromatic N) is 1. The van der Waals surface area contributed by atoms with E-state index in [9.17, 15) is 18.3 Å². The zero-order valence-corrected chi connectivity index (χ0v) is 25.0. The number of aliphatic carboxylic acids is 1. The molecule has 0 saturated carbocycles. The van der Waals surface area contributed by atoms with Gasteiger partial charge in [-0.1, -0.05) is 29.8 Å². The fraction of sp³-hybridized carbons (Fsp3) is 0.308. The van der Waals surface area contributed by atoms with Crippen LogP contribution in [0.25, 0.3) is 11.1 Å². The molecule has 1 heterocycles. The van der Waals surface area contributed by atoms with Gasteiger partial charge in [-0.25, -0.2) is 18.1 Å². The molecular weight excluding hydrogens is 543 g/mol. The van der Waals surface area contributed by atoms with E-state index < -0.39 is 22.1 Å². The van der Waals surface area contributed by atoms with Crippen LogP contribution in [0.2, 0.25) is 5.02 Å². The van der Waals surface area contributed by atoms with Crippen molar-refractivity contribution in [2.45, 2.75) is 26.1 Å².